The summed E-state index contributed by atoms with van der Waals surface area (Å²) < 4.78 is 6.98. The molecule has 4 rings (SSSR count). The van der Waals surface area contributed by atoms with E-state index < -0.39 is 0 Å². The SMILES string of the molecule is CCOc1ccc(-n2ncc(C(=O)N(Cc3ccc(C)cc3)C3CC3)c2C)nn1. The summed E-state index contributed by atoms with van der Waals surface area (Å²) in [5.41, 5.74) is 3.70. The van der Waals surface area contributed by atoms with Crippen LogP contribution in [-0.4, -0.2) is 43.4 Å². The molecule has 1 aromatic carbocycles. The monoisotopic (exact) mass is 391 g/mol. The van der Waals surface area contributed by atoms with Crippen LogP contribution in [0.1, 0.15) is 46.9 Å². The molecule has 1 amide bonds. The number of carbonyl (C=O) groups is 1. The highest BCUT2D eigenvalue weighted by atomic mass is 16.5. The van der Waals surface area contributed by atoms with Gasteiger partial charge in [0.25, 0.3) is 5.91 Å². The van der Waals surface area contributed by atoms with Crippen molar-refractivity contribution in [2.45, 2.75) is 46.2 Å². The number of aromatic nitrogens is 4. The second-order valence-electron chi connectivity index (χ2n) is 7.37. The molecule has 150 valence electrons. The van der Waals surface area contributed by atoms with Gasteiger partial charge in [0.1, 0.15) is 0 Å². The summed E-state index contributed by atoms with van der Waals surface area (Å²) in [6.07, 6.45) is 3.73. The minimum atomic E-state index is 0.00993. The van der Waals surface area contributed by atoms with E-state index in [0.717, 1.165) is 24.1 Å². The van der Waals surface area contributed by atoms with E-state index in [-0.39, 0.29) is 5.91 Å². The van der Waals surface area contributed by atoms with Gasteiger partial charge in [-0.25, -0.2) is 4.68 Å². The van der Waals surface area contributed by atoms with E-state index in [1.54, 1.807) is 23.0 Å². The zero-order valence-corrected chi connectivity index (χ0v) is 17.0. The van der Waals surface area contributed by atoms with Gasteiger partial charge in [0, 0.05) is 18.7 Å². The maximum atomic E-state index is 13.3. The molecule has 0 saturated heterocycles. The molecule has 1 saturated carbocycles. The number of carbonyl (C=O) groups excluding carboxylic acids is 1. The second kappa shape index (κ2) is 8.03. The Hall–Kier alpha value is -3.22. The van der Waals surface area contributed by atoms with Gasteiger partial charge in [-0.2, -0.15) is 5.10 Å². The first-order valence-corrected chi connectivity index (χ1v) is 9.95. The van der Waals surface area contributed by atoms with Crippen molar-refractivity contribution in [3.05, 3.63) is 65.0 Å². The van der Waals surface area contributed by atoms with E-state index >= 15 is 0 Å². The zero-order chi connectivity index (χ0) is 20.4. The van der Waals surface area contributed by atoms with Crippen LogP contribution in [-0.2, 0) is 6.54 Å². The molecule has 7 heteroatoms. The topological polar surface area (TPSA) is 73.1 Å². The minimum Gasteiger partial charge on any atom is -0.477 e. The molecule has 3 aromatic rings. The molecule has 29 heavy (non-hydrogen) atoms. The van der Waals surface area contributed by atoms with Crippen molar-refractivity contribution < 1.29 is 9.53 Å². The third kappa shape index (κ3) is 4.13. The Bertz CT molecular complexity index is 991. The highest BCUT2D eigenvalue weighted by Crippen LogP contribution is 2.30. The van der Waals surface area contributed by atoms with Crippen LogP contribution in [0.3, 0.4) is 0 Å². The van der Waals surface area contributed by atoms with Gasteiger partial charge in [0.15, 0.2) is 5.82 Å². The fraction of sp³-hybridized carbons (Fsp3) is 0.364. The van der Waals surface area contributed by atoms with Gasteiger partial charge in [0.2, 0.25) is 5.88 Å². The van der Waals surface area contributed by atoms with Crippen molar-refractivity contribution in [3.63, 3.8) is 0 Å². The molecular formula is C22H25N5O2. The molecule has 1 aliphatic rings. The molecule has 0 bridgehead atoms. The Morgan fingerprint density at radius 3 is 2.52 bits per heavy atom. The van der Waals surface area contributed by atoms with Crippen LogP contribution >= 0.6 is 0 Å². The van der Waals surface area contributed by atoms with Crippen molar-refractivity contribution in [2.75, 3.05) is 6.61 Å². The lowest BCUT2D eigenvalue weighted by atomic mass is 10.1. The van der Waals surface area contributed by atoms with Crippen molar-refractivity contribution in [3.8, 4) is 11.7 Å². The number of hydrogen-bond acceptors (Lipinski definition) is 5. The molecule has 0 atom stereocenters. The van der Waals surface area contributed by atoms with Crippen molar-refractivity contribution in [2.24, 2.45) is 0 Å². The van der Waals surface area contributed by atoms with Crippen LogP contribution in [0, 0.1) is 13.8 Å². The summed E-state index contributed by atoms with van der Waals surface area (Å²) in [4.78, 5) is 15.3. The number of rotatable bonds is 7. The van der Waals surface area contributed by atoms with Gasteiger partial charge in [0.05, 0.1) is 24.1 Å². The minimum absolute atomic E-state index is 0.00993. The fourth-order valence-electron chi connectivity index (χ4n) is 3.30. The average molecular weight is 391 g/mol. The second-order valence-corrected chi connectivity index (χ2v) is 7.37. The van der Waals surface area contributed by atoms with Gasteiger partial charge < -0.3 is 9.64 Å². The number of benzene rings is 1. The van der Waals surface area contributed by atoms with Crippen LogP contribution < -0.4 is 4.74 Å². The molecule has 0 spiro atoms. The third-order valence-corrected chi connectivity index (χ3v) is 5.10. The van der Waals surface area contributed by atoms with Crippen LogP contribution in [0.5, 0.6) is 5.88 Å². The number of aryl methyl sites for hydroxylation is 1. The van der Waals surface area contributed by atoms with Gasteiger partial charge in [-0.3, -0.25) is 4.79 Å². The Kier molecular flexibility index (Phi) is 5.29. The van der Waals surface area contributed by atoms with E-state index in [0.29, 0.717) is 36.5 Å². The number of hydrogen-bond donors (Lipinski definition) is 0. The first-order chi connectivity index (χ1) is 14.1. The van der Waals surface area contributed by atoms with Crippen molar-refractivity contribution >= 4 is 5.91 Å². The summed E-state index contributed by atoms with van der Waals surface area (Å²) in [7, 11) is 0. The molecule has 0 radical (unpaired) electrons. The Morgan fingerprint density at radius 2 is 1.90 bits per heavy atom. The van der Waals surface area contributed by atoms with Crippen LogP contribution in [0.25, 0.3) is 5.82 Å². The maximum absolute atomic E-state index is 13.3. The summed E-state index contributed by atoms with van der Waals surface area (Å²) in [6, 6.07) is 12.2. The van der Waals surface area contributed by atoms with Gasteiger partial charge in [-0.15, -0.1) is 10.2 Å². The van der Waals surface area contributed by atoms with Crippen LogP contribution in [0.15, 0.2) is 42.6 Å². The molecule has 1 fully saturated rings. The predicted octanol–water partition coefficient (Wildman–Crippen LogP) is 3.48. The van der Waals surface area contributed by atoms with Gasteiger partial charge in [-0.1, -0.05) is 29.8 Å². The lowest BCUT2D eigenvalue weighted by Crippen LogP contribution is -2.32. The highest BCUT2D eigenvalue weighted by Gasteiger charge is 2.34. The van der Waals surface area contributed by atoms with E-state index in [2.05, 4.69) is 46.5 Å². The lowest BCUT2D eigenvalue weighted by Gasteiger charge is -2.22. The number of amides is 1. The number of ether oxygens (including phenoxy) is 1. The molecule has 2 aromatic heterocycles. The Labute approximate surface area is 170 Å². The van der Waals surface area contributed by atoms with Crippen molar-refractivity contribution in [1.82, 2.24) is 24.9 Å². The smallest absolute Gasteiger partial charge is 0.257 e. The summed E-state index contributed by atoms with van der Waals surface area (Å²) in [5.74, 6) is 1.03. The lowest BCUT2D eigenvalue weighted by molar-refractivity contribution is 0.0729. The molecule has 2 heterocycles. The van der Waals surface area contributed by atoms with Gasteiger partial charge >= 0.3 is 0 Å². The van der Waals surface area contributed by atoms with Crippen LogP contribution in [0.4, 0.5) is 0 Å². The molecule has 0 N–H and O–H groups in total. The normalized spacial score (nSPS) is 13.3. The first kappa shape index (κ1) is 19.1. The maximum Gasteiger partial charge on any atom is 0.257 e. The predicted molar refractivity (Wildman–Crippen MR) is 109 cm³/mol. The summed E-state index contributed by atoms with van der Waals surface area (Å²) in [6.45, 7) is 6.99. The van der Waals surface area contributed by atoms with E-state index in [9.17, 15) is 4.79 Å². The van der Waals surface area contributed by atoms with E-state index in [1.807, 2.05) is 18.7 Å². The molecule has 1 aliphatic carbocycles. The standard InChI is InChI=1S/C22H25N5O2/c1-4-29-21-12-11-20(24-25-21)27-16(3)19(13-23-27)22(28)26(18-9-10-18)14-17-7-5-15(2)6-8-17/h5-8,11-13,18H,4,9-10,14H2,1-3H3. The first-order valence-electron chi connectivity index (χ1n) is 9.95. The largest absolute Gasteiger partial charge is 0.477 e. The summed E-state index contributed by atoms with van der Waals surface area (Å²) in [5, 5.41) is 12.6. The average Bonchev–Trinajstić information content (AvgIpc) is 3.50. The summed E-state index contributed by atoms with van der Waals surface area (Å²) >= 11 is 0. The quantitative estimate of drug-likeness (QED) is 0.616. The fourth-order valence-corrected chi connectivity index (χ4v) is 3.30. The Balaban J connectivity index is 1.56. The molecular weight excluding hydrogens is 366 g/mol. The number of nitrogens with zero attached hydrogens (tertiary/aromatic N) is 5. The van der Waals surface area contributed by atoms with E-state index in [1.165, 1.54) is 5.56 Å². The highest BCUT2D eigenvalue weighted by molar-refractivity contribution is 5.95. The molecule has 7 nitrogen and oxygen atoms in total. The van der Waals surface area contributed by atoms with Crippen molar-refractivity contribution in [1.29, 1.82) is 0 Å². The third-order valence-electron chi connectivity index (χ3n) is 5.10. The van der Waals surface area contributed by atoms with Crippen LogP contribution in [0.2, 0.25) is 0 Å². The molecule has 0 unspecified atom stereocenters. The van der Waals surface area contributed by atoms with Gasteiger partial charge in [-0.05, 0) is 45.2 Å². The zero-order valence-electron chi connectivity index (χ0n) is 17.0. The Morgan fingerprint density at radius 1 is 1.14 bits per heavy atom. The molecule has 0 aliphatic heterocycles. The van der Waals surface area contributed by atoms with E-state index in [4.69, 9.17) is 4.74 Å².